The van der Waals surface area contributed by atoms with Crippen LogP contribution in [0.3, 0.4) is 0 Å². The molecule has 0 unspecified atom stereocenters. The number of imidazole rings is 2. The number of anilines is 2. The van der Waals surface area contributed by atoms with Gasteiger partial charge in [-0.05, 0) is 0 Å². The minimum Gasteiger partial charge on any atom is -0.331 e. The number of hydrogen-bond donors (Lipinski definition) is 2. The normalized spacial score (nSPS) is 10.9. The molecule has 0 fully saturated rings. The summed E-state index contributed by atoms with van der Waals surface area (Å²) in [7, 11) is 0. The van der Waals surface area contributed by atoms with Crippen molar-refractivity contribution in [3.05, 3.63) is 23.0 Å². The van der Waals surface area contributed by atoms with Crippen molar-refractivity contribution < 1.29 is 19.2 Å². The summed E-state index contributed by atoms with van der Waals surface area (Å²) in [5.41, 5.74) is 0.664. The molecule has 0 saturated heterocycles. The average molecular weight is 451 g/mol. The molecule has 0 spiro atoms. The highest BCUT2D eigenvalue weighted by molar-refractivity contribution is 6.34. The number of nitrogens with one attached hydrogen (secondary N) is 2. The smallest absolute Gasteiger partial charge is 0.331 e. The summed E-state index contributed by atoms with van der Waals surface area (Å²) in [4.78, 5) is 62.7. The van der Waals surface area contributed by atoms with Crippen LogP contribution in [0.1, 0.15) is 0 Å². The lowest BCUT2D eigenvalue weighted by Crippen LogP contribution is -2.24. The summed E-state index contributed by atoms with van der Waals surface area (Å²) < 4.78 is 2.32. The topological polar surface area (TPSA) is 172 Å². The predicted molar refractivity (Wildman–Crippen MR) is 102 cm³/mol. The molecule has 0 atom stereocenters. The molecule has 4 aromatic rings. The van der Waals surface area contributed by atoms with Crippen molar-refractivity contribution >= 4 is 76.2 Å². The van der Waals surface area contributed by atoms with Gasteiger partial charge < -0.3 is 9.40 Å². The number of amides is 2. The summed E-state index contributed by atoms with van der Waals surface area (Å²) >= 11 is 12.0. The van der Waals surface area contributed by atoms with Crippen LogP contribution in [-0.2, 0) is 20.9 Å². The Hall–Kier alpha value is -3.91. The molecule has 4 aromatic heterocycles. The highest BCUT2D eigenvalue weighted by atomic mass is 35.5. The summed E-state index contributed by atoms with van der Waals surface area (Å²) in [5, 5.41) is 4.48. The summed E-state index contributed by atoms with van der Waals surface area (Å²) in [5.74, 6) is -0.893. The maximum atomic E-state index is 12.4. The number of nitrogens with zero attached hydrogens (tertiary/aromatic N) is 8. The van der Waals surface area contributed by atoms with Gasteiger partial charge in [0.25, 0.3) is 0 Å². The zero-order chi connectivity index (χ0) is 21.3. The van der Waals surface area contributed by atoms with Crippen molar-refractivity contribution in [3.63, 3.8) is 0 Å². The zero-order valence-electron chi connectivity index (χ0n) is 14.5. The number of halogens is 2. The molecule has 14 nitrogen and oxygen atoms in total. The third kappa shape index (κ3) is 3.56. The van der Waals surface area contributed by atoms with Crippen molar-refractivity contribution in [1.82, 2.24) is 39.2 Å². The Labute approximate surface area is 175 Å². The lowest BCUT2D eigenvalue weighted by molar-refractivity contribution is -0.144. The van der Waals surface area contributed by atoms with Gasteiger partial charge in [-0.3, -0.25) is 20.2 Å². The van der Waals surface area contributed by atoms with Crippen LogP contribution in [0.25, 0.3) is 22.3 Å². The maximum absolute atomic E-state index is 12.4. The first kappa shape index (κ1) is 19.4. The highest BCUT2D eigenvalue weighted by Gasteiger charge is 2.18. The molecular weight excluding hydrogens is 443 g/mol. The average Bonchev–Trinajstić information content (AvgIpc) is 3.28. The van der Waals surface area contributed by atoms with E-state index in [0.717, 1.165) is 4.73 Å². The number of carbonyl (C=O) groups is 3. The van der Waals surface area contributed by atoms with Gasteiger partial charge in [0.15, 0.2) is 16.0 Å². The lowest BCUT2D eigenvalue weighted by Gasteiger charge is -2.07. The molecular formula is C14H8Cl2N10O4. The fourth-order valence-electron chi connectivity index (χ4n) is 2.45. The first-order valence-corrected chi connectivity index (χ1v) is 8.66. The lowest BCUT2D eigenvalue weighted by atomic mass is 10.5. The minimum absolute atomic E-state index is 0.00128. The number of hydrogen-bond acceptors (Lipinski definition) is 10. The van der Waals surface area contributed by atoms with Crippen molar-refractivity contribution in [2.75, 3.05) is 10.6 Å². The third-order valence-electron chi connectivity index (χ3n) is 3.62. The van der Waals surface area contributed by atoms with Crippen LogP contribution >= 0.6 is 23.2 Å². The number of carbonyl (C=O) groups excluding carboxylic acids is 3. The van der Waals surface area contributed by atoms with Gasteiger partial charge in [0, 0.05) is 0 Å². The Kier molecular flexibility index (Phi) is 5.07. The molecule has 152 valence electrons. The van der Waals surface area contributed by atoms with Gasteiger partial charge in [-0.2, -0.15) is 19.9 Å². The molecule has 30 heavy (non-hydrogen) atoms. The molecule has 2 N–H and O–H groups in total. The minimum atomic E-state index is -0.743. The molecule has 0 aromatic carbocycles. The molecule has 16 heteroatoms. The van der Waals surface area contributed by atoms with Crippen LogP contribution in [-0.4, -0.2) is 58.0 Å². The Morgan fingerprint density at radius 3 is 2.13 bits per heavy atom. The van der Waals surface area contributed by atoms with E-state index >= 15 is 0 Å². The van der Waals surface area contributed by atoms with Crippen molar-refractivity contribution in [1.29, 1.82) is 0 Å². The fraction of sp³-hybridized carbons (Fsp3) is 0.0714. The van der Waals surface area contributed by atoms with E-state index in [-0.39, 0.29) is 51.1 Å². The van der Waals surface area contributed by atoms with Crippen molar-refractivity contribution in [2.45, 2.75) is 6.54 Å². The van der Waals surface area contributed by atoms with E-state index in [4.69, 9.17) is 28.0 Å². The number of rotatable bonds is 7. The molecule has 0 bridgehead atoms. The SMILES string of the molecule is O=CNc1nc(Cl)c2ncn(CC(=O)On3cnc4c(Cl)nc(NC=O)nc43)c2n1. The van der Waals surface area contributed by atoms with Gasteiger partial charge in [-0.1, -0.05) is 23.2 Å². The Bertz CT molecular complexity index is 1210. The van der Waals surface area contributed by atoms with Crippen LogP contribution < -0.4 is 15.5 Å². The van der Waals surface area contributed by atoms with E-state index in [2.05, 4.69) is 40.5 Å². The summed E-state index contributed by atoms with van der Waals surface area (Å²) in [6, 6.07) is 0. The largest absolute Gasteiger partial charge is 0.352 e. The van der Waals surface area contributed by atoms with Gasteiger partial charge in [-0.15, -0.1) is 4.73 Å². The van der Waals surface area contributed by atoms with Crippen LogP contribution in [0.15, 0.2) is 12.7 Å². The Balaban J connectivity index is 1.61. The molecule has 0 aliphatic rings. The number of fused-ring (bicyclic) bond motifs is 2. The molecule has 0 aliphatic heterocycles. The van der Waals surface area contributed by atoms with Gasteiger partial charge in [0.2, 0.25) is 30.4 Å². The highest BCUT2D eigenvalue weighted by Crippen LogP contribution is 2.21. The van der Waals surface area contributed by atoms with Crippen molar-refractivity contribution in [2.24, 2.45) is 0 Å². The first-order valence-electron chi connectivity index (χ1n) is 7.90. The van der Waals surface area contributed by atoms with E-state index < -0.39 is 5.97 Å². The summed E-state index contributed by atoms with van der Waals surface area (Å²) in [6.07, 6.45) is 3.24. The second-order valence-electron chi connectivity index (χ2n) is 5.45. The maximum Gasteiger partial charge on any atom is 0.352 e. The Morgan fingerprint density at radius 2 is 1.50 bits per heavy atom. The van der Waals surface area contributed by atoms with Gasteiger partial charge in [0.1, 0.15) is 23.9 Å². The van der Waals surface area contributed by atoms with Crippen LogP contribution in [0.4, 0.5) is 11.9 Å². The quantitative estimate of drug-likeness (QED) is 0.289. The van der Waals surface area contributed by atoms with E-state index in [1.807, 2.05) is 0 Å². The molecule has 4 heterocycles. The van der Waals surface area contributed by atoms with Gasteiger partial charge in [0.05, 0.1) is 6.33 Å². The van der Waals surface area contributed by atoms with Crippen LogP contribution in [0.2, 0.25) is 10.3 Å². The second-order valence-corrected chi connectivity index (χ2v) is 6.17. The molecule has 4 rings (SSSR count). The third-order valence-corrected chi connectivity index (χ3v) is 4.15. The summed E-state index contributed by atoms with van der Waals surface area (Å²) in [6.45, 7) is -0.317. The van der Waals surface area contributed by atoms with Gasteiger partial charge >= 0.3 is 5.97 Å². The Morgan fingerprint density at radius 1 is 0.933 bits per heavy atom. The van der Waals surface area contributed by atoms with Crippen LogP contribution in [0.5, 0.6) is 0 Å². The second kappa shape index (κ2) is 7.84. The first-order chi connectivity index (χ1) is 14.5. The molecule has 2 amide bonds. The predicted octanol–water partition coefficient (Wildman–Crippen LogP) is 0.0648. The van der Waals surface area contributed by atoms with Crippen LogP contribution in [0, 0.1) is 0 Å². The van der Waals surface area contributed by atoms with E-state index in [1.54, 1.807) is 0 Å². The van der Waals surface area contributed by atoms with Gasteiger partial charge in [-0.25, -0.2) is 14.8 Å². The standard InChI is InChI=1S/C14H8Cl2N10O4/c15-9-7-11(23-13(21-9)19-4-27)25(2-17-7)1-6(29)30-26-3-18-8-10(16)22-14(20-5-28)24-12(8)26/h2-5H,1H2,(H,19,21,23,27)(H,20,22,24,28). The molecule has 0 aliphatic carbocycles. The zero-order valence-corrected chi connectivity index (χ0v) is 16.0. The van der Waals surface area contributed by atoms with E-state index in [9.17, 15) is 14.4 Å². The van der Waals surface area contributed by atoms with E-state index in [1.165, 1.54) is 17.2 Å². The fourth-order valence-corrected chi connectivity index (χ4v) is 2.88. The van der Waals surface area contributed by atoms with E-state index in [0.29, 0.717) is 12.8 Å². The molecule has 0 saturated carbocycles. The monoisotopic (exact) mass is 450 g/mol. The number of aromatic nitrogens is 8. The van der Waals surface area contributed by atoms with Crippen molar-refractivity contribution in [3.8, 4) is 0 Å². The molecule has 0 radical (unpaired) electrons.